The minimum Gasteiger partial charge on any atom is -0.493 e. The van der Waals surface area contributed by atoms with Crippen molar-refractivity contribution < 1.29 is 9.47 Å². The first-order valence-electron chi connectivity index (χ1n) is 7.41. The second kappa shape index (κ2) is 8.17. The molecule has 0 aromatic heterocycles. The van der Waals surface area contributed by atoms with Crippen molar-refractivity contribution in [3.63, 3.8) is 0 Å². The maximum atomic E-state index is 5.41. The Balaban J connectivity index is 2.13. The van der Waals surface area contributed by atoms with E-state index in [9.17, 15) is 0 Å². The predicted molar refractivity (Wildman–Crippen MR) is 93.4 cm³/mol. The fourth-order valence-electron chi connectivity index (χ4n) is 2.66. The van der Waals surface area contributed by atoms with Crippen LogP contribution in [0.25, 0.3) is 0 Å². The summed E-state index contributed by atoms with van der Waals surface area (Å²) in [5.41, 5.74) is 2.60. The van der Waals surface area contributed by atoms with E-state index in [2.05, 4.69) is 33.6 Å². The summed E-state index contributed by atoms with van der Waals surface area (Å²) in [5, 5.41) is 3.42. The highest BCUT2D eigenvalue weighted by Gasteiger charge is 2.21. The van der Waals surface area contributed by atoms with E-state index >= 15 is 0 Å². The van der Waals surface area contributed by atoms with Crippen LogP contribution in [0, 0.1) is 0 Å². The first-order chi connectivity index (χ1) is 10.7. The van der Waals surface area contributed by atoms with E-state index in [0.29, 0.717) is 0 Å². The molecule has 0 saturated heterocycles. The minimum atomic E-state index is 0.786. The van der Waals surface area contributed by atoms with Crippen molar-refractivity contribution in [1.29, 1.82) is 0 Å². The number of fused-ring (bicyclic) bond motifs is 1. The summed E-state index contributed by atoms with van der Waals surface area (Å²) in [4.78, 5) is 6.69. The second-order valence-corrected chi connectivity index (χ2v) is 6.10. The van der Waals surface area contributed by atoms with Crippen LogP contribution in [0.1, 0.15) is 11.1 Å². The zero-order valence-electron chi connectivity index (χ0n) is 13.8. The third-order valence-electron chi connectivity index (χ3n) is 3.82. The third-order valence-corrected chi connectivity index (χ3v) is 4.43. The van der Waals surface area contributed by atoms with Gasteiger partial charge in [0.2, 0.25) is 0 Å². The van der Waals surface area contributed by atoms with Gasteiger partial charge in [-0.2, -0.15) is 11.8 Å². The van der Waals surface area contributed by atoms with E-state index in [1.165, 1.54) is 11.1 Å². The summed E-state index contributed by atoms with van der Waals surface area (Å²) in [5.74, 6) is 3.63. The number of nitrogens with zero attached hydrogens (tertiary/aromatic N) is 2. The number of guanidine groups is 1. The molecule has 1 aromatic carbocycles. The zero-order valence-corrected chi connectivity index (χ0v) is 14.6. The number of rotatable bonds is 5. The van der Waals surface area contributed by atoms with Gasteiger partial charge >= 0.3 is 0 Å². The molecule has 122 valence electrons. The average molecular weight is 323 g/mol. The van der Waals surface area contributed by atoms with Crippen molar-refractivity contribution >= 4 is 17.7 Å². The van der Waals surface area contributed by atoms with Gasteiger partial charge in [-0.05, 0) is 35.9 Å². The normalized spacial score (nSPS) is 14.5. The number of nitrogens with one attached hydrogen (secondary N) is 1. The lowest BCUT2D eigenvalue weighted by atomic mass is 9.99. The van der Waals surface area contributed by atoms with Crippen LogP contribution in [0.3, 0.4) is 0 Å². The Bertz CT molecular complexity index is 534. The van der Waals surface area contributed by atoms with E-state index in [-0.39, 0.29) is 0 Å². The van der Waals surface area contributed by atoms with E-state index in [1.807, 2.05) is 18.8 Å². The molecule has 22 heavy (non-hydrogen) atoms. The molecule has 1 aromatic rings. The summed E-state index contributed by atoms with van der Waals surface area (Å²) in [7, 11) is 5.19. The molecule has 1 aliphatic rings. The number of ether oxygens (including phenoxy) is 2. The Morgan fingerprint density at radius 1 is 1.27 bits per heavy atom. The molecule has 0 bridgehead atoms. The van der Waals surface area contributed by atoms with E-state index in [4.69, 9.17) is 9.47 Å². The van der Waals surface area contributed by atoms with Crippen LogP contribution in [-0.2, 0) is 13.0 Å². The smallest absolute Gasteiger partial charge is 0.193 e. The lowest BCUT2D eigenvalue weighted by Gasteiger charge is -2.32. The molecule has 0 unspecified atom stereocenters. The molecular weight excluding hydrogens is 298 g/mol. The summed E-state index contributed by atoms with van der Waals surface area (Å²) in [6, 6.07) is 4.17. The van der Waals surface area contributed by atoms with E-state index < -0.39 is 0 Å². The maximum absolute atomic E-state index is 5.41. The molecule has 5 nitrogen and oxygen atoms in total. The molecule has 6 heteroatoms. The molecule has 0 aliphatic carbocycles. The zero-order chi connectivity index (χ0) is 15.9. The van der Waals surface area contributed by atoms with Gasteiger partial charge in [0.05, 0.1) is 14.2 Å². The predicted octanol–water partition coefficient (Wildman–Crippen LogP) is 2.00. The van der Waals surface area contributed by atoms with Crippen LogP contribution < -0.4 is 14.8 Å². The third kappa shape index (κ3) is 3.80. The van der Waals surface area contributed by atoms with Gasteiger partial charge in [0.1, 0.15) is 0 Å². The monoisotopic (exact) mass is 323 g/mol. The molecule has 0 amide bonds. The minimum absolute atomic E-state index is 0.786. The summed E-state index contributed by atoms with van der Waals surface area (Å²) in [6.45, 7) is 2.74. The van der Waals surface area contributed by atoms with Crippen LogP contribution in [0.2, 0.25) is 0 Å². The quantitative estimate of drug-likeness (QED) is 0.510. The van der Waals surface area contributed by atoms with Crippen LogP contribution in [0.4, 0.5) is 0 Å². The van der Waals surface area contributed by atoms with Crippen molar-refractivity contribution in [2.24, 2.45) is 4.99 Å². The lowest BCUT2D eigenvalue weighted by molar-refractivity contribution is 0.346. The first kappa shape index (κ1) is 16.8. The fourth-order valence-corrected chi connectivity index (χ4v) is 2.97. The molecule has 0 spiro atoms. The lowest BCUT2D eigenvalue weighted by Crippen LogP contribution is -2.44. The van der Waals surface area contributed by atoms with Crippen molar-refractivity contribution in [3.05, 3.63) is 23.3 Å². The van der Waals surface area contributed by atoms with Crippen LogP contribution in [-0.4, -0.2) is 57.2 Å². The summed E-state index contributed by atoms with van der Waals surface area (Å²) in [6.07, 6.45) is 3.10. The van der Waals surface area contributed by atoms with E-state index in [1.54, 1.807) is 14.2 Å². The van der Waals surface area contributed by atoms with Crippen molar-refractivity contribution in [3.8, 4) is 11.5 Å². The average Bonchev–Trinajstić information content (AvgIpc) is 2.57. The van der Waals surface area contributed by atoms with Crippen molar-refractivity contribution in [2.75, 3.05) is 46.4 Å². The summed E-state index contributed by atoms with van der Waals surface area (Å²) < 4.78 is 10.8. The SMILES string of the molecule is CN=C(NCCSC)N1CCc2cc(OC)c(OC)cc2C1. The van der Waals surface area contributed by atoms with Crippen molar-refractivity contribution in [1.82, 2.24) is 10.2 Å². The number of thioether (sulfide) groups is 1. The highest BCUT2D eigenvalue weighted by molar-refractivity contribution is 7.98. The molecule has 0 fully saturated rings. The highest BCUT2D eigenvalue weighted by atomic mass is 32.2. The van der Waals surface area contributed by atoms with Crippen LogP contribution in [0.5, 0.6) is 11.5 Å². The molecule has 0 radical (unpaired) electrons. The Kier molecular flexibility index (Phi) is 6.24. The van der Waals surface area contributed by atoms with Gasteiger partial charge in [0.25, 0.3) is 0 Å². The van der Waals surface area contributed by atoms with Gasteiger partial charge in [-0.15, -0.1) is 0 Å². The molecular formula is C16H25N3O2S. The van der Waals surface area contributed by atoms with Crippen molar-refractivity contribution in [2.45, 2.75) is 13.0 Å². The topological polar surface area (TPSA) is 46.1 Å². The van der Waals surface area contributed by atoms with Gasteiger partial charge in [0.15, 0.2) is 17.5 Å². The molecule has 1 heterocycles. The fraction of sp³-hybridized carbons (Fsp3) is 0.562. The number of hydrogen-bond acceptors (Lipinski definition) is 4. The van der Waals surface area contributed by atoms with E-state index in [0.717, 1.165) is 49.3 Å². The van der Waals surface area contributed by atoms with Gasteiger partial charge in [-0.3, -0.25) is 4.99 Å². The van der Waals surface area contributed by atoms with Gasteiger partial charge in [-0.25, -0.2) is 0 Å². The molecule has 1 aliphatic heterocycles. The van der Waals surface area contributed by atoms with Gasteiger partial charge in [0, 0.05) is 32.4 Å². The highest BCUT2D eigenvalue weighted by Crippen LogP contribution is 2.33. The molecule has 0 saturated carbocycles. The second-order valence-electron chi connectivity index (χ2n) is 5.11. The number of hydrogen-bond donors (Lipinski definition) is 1. The Morgan fingerprint density at radius 3 is 2.55 bits per heavy atom. The standard InChI is InChI=1S/C16H25N3O2S/c1-17-16(18-6-8-22-4)19-7-5-12-9-14(20-2)15(21-3)10-13(12)11-19/h9-10H,5-8,11H2,1-4H3,(H,17,18). The summed E-state index contributed by atoms with van der Waals surface area (Å²) >= 11 is 1.83. The molecule has 1 N–H and O–H groups in total. The number of benzene rings is 1. The molecule has 0 atom stereocenters. The molecule has 2 rings (SSSR count). The Hall–Kier alpha value is -1.56. The Morgan fingerprint density at radius 2 is 1.95 bits per heavy atom. The Labute approximate surface area is 137 Å². The van der Waals surface area contributed by atoms with Gasteiger partial charge in [-0.1, -0.05) is 0 Å². The number of aliphatic imine (C=N–C) groups is 1. The van der Waals surface area contributed by atoms with Gasteiger partial charge < -0.3 is 19.7 Å². The maximum Gasteiger partial charge on any atom is 0.193 e. The van der Waals surface area contributed by atoms with Crippen LogP contribution in [0.15, 0.2) is 17.1 Å². The largest absolute Gasteiger partial charge is 0.493 e. The number of methoxy groups -OCH3 is 2. The first-order valence-corrected chi connectivity index (χ1v) is 8.81. The van der Waals surface area contributed by atoms with Crippen LogP contribution >= 0.6 is 11.8 Å².